The molecule has 1 heterocycles. The summed E-state index contributed by atoms with van der Waals surface area (Å²) in [6, 6.07) is 10.5. The number of nitrogens with one attached hydrogen (secondary N) is 1. The van der Waals surface area contributed by atoms with Gasteiger partial charge in [0.05, 0.1) is 18.8 Å². The molecule has 1 N–H and O–H groups in total. The topological polar surface area (TPSA) is 56.8 Å². The summed E-state index contributed by atoms with van der Waals surface area (Å²) in [5, 5.41) is 3.15. The van der Waals surface area contributed by atoms with E-state index in [0.29, 0.717) is 33.0 Å². The Hall–Kier alpha value is -1.43. The predicted octanol–water partition coefficient (Wildman–Crippen LogP) is 2.68. The van der Waals surface area contributed by atoms with Gasteiger partial charge in [-0.25, -0.2) is 0 Å². The van der Waals surface area contributed by atoms with Gasteiger partial charge in [0, 0.05) is 45.6 Å². The number of methoxy groups -OCH3 is 1. The van der Waals surface area contributed by atoms with Crippen molar-refractivity contribution in [1.82, 2.24) is 5.32 Å². The van der Waals surface area contributed by atoms with Gasteiger partial charge in [-0.1, -0.05) is 37.3 Å². The van der Waals surface area contributed by atoms with E-state index >= 15 is 0 Å². The van der Waals surface area contributed by atoms with Crippen LogP contribution in [0.25, 0.3) is 0 Å². The highest BCUT2D eigenvalue weighted by Gasteiger charge is 2.45. The largest absolute Gasteiger partial charge is 0.382 e. The van der Waals surface area contributed by atoms with Crippen LogP contribution in [0.1, 0.15) is 38.2 Å². The van der Waals surface area contributed by atoms with Gasteiger partial charge in [-0.3, -0.25) is 4.79 Å². The minimum absolute atomic E-state index is 0.0936. The highest BCUT2D eigenvalue weighted by Crippen LogP contribution is 2.47. The molecular formula is C21H31NO4. The Morgan fingerprint density at radius 3 is 2.54 bits per heavy atom. The van der Waals surface area contributed by atoms with Gasteiger partial charge in [0.15, 0.2) is 0 Å². The van der Waals surface area contributed by atoms with E-state index in [1.54, 1.807) is 7.11 Å². The normalized spacial score (nSPS) is 27.5. The molecule has 1 saturated heterocycles. The highest BCUT2D eigenvalue weighted by molar-refractivity contribution is 5.80. The van der Waals surface area contributed by atoms with Crippen LogP contribution >= 0.6 is 0 Å². The van der Waals surface area contributed by atoms with Crippen molar-refractivity contribution in [3.05, 3.63) is 35.9 Å². The molecule has 5 heteroatoms. The Bertz CT molecular complexity index is 577. The van der Waals surface area contributed by atoms with Crippen molar-refractivity contribution in [3.8, 4) is 0 Å². The molecule has 1 aromatic rings. The van der Waals surface area contributed by atoms with Crippen LogP contribution in [-0.4, -0.2) is 51.6 Å². The summed E-state index contributed by atoms with van der Waals surface area (Å²) in [5.74, 6) is 0.246. The summed E-state index contributed by atoms with van der Waals surface area (Å²) >= 11 is 0. The van der Waals surface area contributed by atoms with Gasteiger partial charge >= 0.3 is 0 Å². The number of rotatable bonds is 8. The standard InChI is InChI=1S/C21H31NO4/c1-20(18-6-4-3-5-7-18)14-17(15-20)19(23)22-16-21(26-13-12-24-2)8-10-25-11-9-21/h3-7,17H,8-16H2,1-2H3,(H,22,23). The molecule has 1 aliphatic carbocycles. The molecule has 1 amide bonds. The van der Waals surface area contributed by atoms with E-state index in [-0.39, 0.29) is 22.8 Å². The monoisotopic (exact) mass is 361 g/mol. The summed E-state index contributed by atoms with van der Waals surface area (Å²) in [4.78, 5) is 12.6. The van der Waals surface area contributed by atoms with Crippen LogP contribution in [0.5, 0.6) is 0 Å². The molecule has 1 aromatic carbocycles. The quantitative estimate of drug-likeness (QED) is 0.724. The average Bonchev–Trinajstić information content (AvgIpc) is 2.65. The number of hydrogen-bond acceptors (Lipinski definition) is 4. The number of ether oxygens (including phenoxy) is 3. The first-order valence-corrected chi connectivity index (χ1v) is 9.61. The van der Waals surface area contributed by atoms with Crippen molar-refractivity contribution < 1.29 is 19.0 Å². The second-order valence-corrected chi connectivity index (χ2v) is 7.89. The second-order valence-electron chi connectivity index (χ2n) is 7.89. The van der Waals surface area contributed by atoms with Crippen molar-refractivity contribution in [1.29, 1.82) is 0 Å². The molecule has 144 valence electrons. The Labute approximate surface area is 156 Å². The highest BCUT2D eigenvalue weighted by atomic mass is 16.5. The maximum absolute atomic E-state index is 12.6. The van der Waals surface area contributed by atoms with E-state index in [4.69, 9.17) is 14.2 Å². The molecule has 0 atom stereocenters. The molecule has 0 spiro atoms. The van der Waals surface area contributed by atoms with E-state index in [2.05, 4.69) is 36.5 Å². The molecule has 26 heavy (non-hydrogen) atoms. The lowest BCUT2D eigenvalue weighted by Crippen LogP contribution is -2.53. The van der Waals surface area contributed by atoms with Crippen molar-refractivity contribution in [2.24, 2.45) is 5.92 Å². The predicted molar refractivity (Wildman–Crippen MR) is 100 cm³/mol. The van der Waals surface area contributed by atoms with Gasteiger partial charge in [0.1, 0.15) is 0 Å². The number of carbonyl (C=O) groups is 1. The molecule has 2 aliphatic rings. The number of amides is 1. The summed E-state index contributed by atoms with van der Waals surface area (Å²) in [6.45, 7) is 5.27. The Kier molecular flexibility index (Phi) is 6.33. The van der Waals surface area contributed by atoms with E-state index in [1.165, 1.54) is 5.56 Å². The van der Waals surface area contributed by atoms with Crippen molar-refractivity contribution >= 4 is 5.91 Å². The average molecular weight is 361 g/mol. The SMILES string of the molecule is COCCOC1(CNC(=O)C2CC(C)(c3ccccc3)C2)CCOCC1. The minimum atomic E-state index is -0.321. The van der Waals surface area contributed by atoms with E-state index in [0.717, 1.165) is 25.7 Å². The smallest absolute Gasteiger partial charge is 0.223 e. The molecule has 0 unspecified atom stereocenters. The molecule has 1 aliphatic heterocycles. The number of carbonyl (C=O) groups excluding carboxylic acids is 1. The summed E-state index contributed by atoms with van der Waals surface area (Å²) in [6.07, 6.45) is 3.43. The van der Waals surface area contributed by atoms with Gasteiger partial charge in [-0.2, -0.15) is 0 Å². The summed E-state index contributed by atoms with van der Waals surface area (Å²) in [5.41, 5.74) is 1.13. The Morgan fingerprint density at radius 1 is 1.19 bits per heavy atom. The Balaban J connectivity index is 1.50. The van der Waals surface area contributed by atoms with E-state index in [1.807, 2.05) is 6.07 Å². The lowest BCUT2D eigenvalue weighted by molar-refractivity contribution is -0.138. The third-order valence-electron chi connectivity index (χ3n) is 5.92. The first-order chi connectivity index (χ1) is 12.6. The third-order valence-corrected chi connectivity index (χ3v) is 5.92. The number of benzene rings is 1. The van der Waals surface area contributed by atoms with Crippen LogP contribution in [0.2, 0.25) is 0 Å². The van der Waals surface area contributed by atoms with Gasteiger partial charge in [-0.05, 0) is 23.8 Å². The summed E-state index contributed by atoms with van der Waals surface area (Å²) < 4.78 is 16.6. The third kappa shape index (κ3) is 4.45. The van der Waals surface area contributed by atoms with Crippen LogP contribution in [0.4, 0.5) is 0 Å². The van der Waals surface area contributed by atoms with Gasteiger partial charge in [0.2, 0.25) is 5.91 Å². The first kappa shape index (κ1) is 19.3. The molecule has 0 radical (unpaired) electrons. The molecule has 1 saturated carbocycles. The zero-order chi connectivity index (χ0) is 18.5. The first-order valence-electron chi connectivity index (χ1n) is 9.61. The van der Waals surface area contributed by atoms with Crippen molar-refractivity contribution in [3.63, 3.8) is 0 Å². The van der Waals surface area contributed by atoms with Crippen LogP contribution in [-0.2, 0) is 24.4 Å². The van der Waals surface area contributed by atoms with Crippen LogP contribution in [0.15, 0.2) is 30.3 Å². The van der Waals surface area contributed by atoms with Crippen molar-refractivity contribution in [2.75, 3.05) is 40.1 Å². The van der Waals surface area contributed by atoms with Gasteiger partial charge in [-0.15, -0.1) is 0 Å². The van der Waals surface area contributed by atoms with Gasteiger partial charge < -0.3 is 19.5 Å². The maximum Gasteiger partial charge on any atom is 0.223 e. The fourth-order valence-corrected chi connectivity index (χ4v) is 4.14. The molecule has 5 nitrogen and oxygen atoms in total. The Morgan fingerprint density at radius 2 is 1.88 bits per heavy atom. The molecule has 3 rings (SSSR count). The zero-order valence-corrected chi connectivity index (χ0v) is 16.0. The maximum atomic E-state index is 12.6. The van der Waals surface area contributed by atoms with Crippen LogP contribution in [0.3, 0.4) is 0 Å². The minimum Gasteiger partial charge on any atom is -0.382 e. The van der Waals surface area contributed by atoms with Gasteiger partial charge in [0.25, 0.3) is 0 Å². The van der Waals surface area contributed by atoms with Crippen LogP contribution in [0, 0.1) is 5.92 Å². The summed E-state index contributed by atoms with van der Waals surface area (Å²) in [7, 11) is 1.67. The fraction of sp³-hybridized carbons (Fsp3) is 0.667. The van der Waals surface area contributed by atoms with Crippen molar-refractivity contribution in [2.45, 2.75) is 43.6 Å². The lowest BCUT2D eigenvalue weighted by Gasteiger charge is -2.45. The number of hydrogen-bond donors (Lipinski definition) is 1. The molecule has 0 bridgehead atoms. The molecular weight excluding hydrogens is 330 g/mol. The zero-order valence-electron chi connectivity index (χ0n) is 16.0. The lowest BCUT2D eigenvalue weighted by atomic mass is 9.59. The van der Waals surface area contributed by atoms with Crippen LogP contribution < -0.4 is 5.32 Å². The molecule has 2 fully saturated rings. The van der Waals surface area contributed by atoms with E-state index in [9.17, 15) is 4.79 Å². The fourth-order valence-electron chi connectivity index (χ4n) is 4.14. The second kappa shape index (κ2) is 8.51. The molecule has 0 aromatic heterocycles. The van der Waals surface area contributed by atoms with E-state index < -0.39 is 0 Å².